The number of carbonyl (C=O) groups excluding carboxylic acids is 2. The van der Waals surface area contributed by atoms with E-state index in [1.807, 2.05) is 0 Å². The second kappa shape index (κ2) is 9.26. The van der Waals surface area contributed by atoms with Crippen molar-refractivity contribution in [3.63, 3.8) is 0 Å². The molecule has 3 rings (SSSR count). The Hall–Kier alpha value is -1.30. The maximum atomic E-state index is 12.7. The van der Waals surface area contributed by atoms with E-state index in [0.29, 0.717) is 28.3 Å². The van der Waals surface area contributed by atoms with E-state index >= 15 is 0 Å². The fourth-order valence-electron chi connectivity index (χ4n) is 4.32. The number of para-hydroxylation sites is 1. The predicted molar refractivity (Wildman–Crippen MR) is 109 cm³/mol. The zero-order valence-electron chi connectivity index (χ0n) is 15.7. The molecule has 1 aromatic rings. The van der Waals surface area contributed by atoms with E-state index in [-0.39, 0.29) is 18.4 Å². The second-order valence-electron chi connectivity index (χ2n) is 7.62. The van der Waals surface area contributed by atoms with Crippen LogP contribution in [0.4, 0.5) is 5.69 Å². The summed E-state index contributed by atoms with van der Waals surface area (Å²) in [4.78, 5) is 28.8. The van der Waals surface area contributed by atoms with Gasteiger partial charge in [0, 0.05) is 13.1 Å². The molecule has 0 radical (unpaired) electrons. The molecule has 1 saturated heterocycles. The third-order valence-electron chi connectivity index (χ3n) is 5.73. The molecule has 0 aromatic heterocycles. The van der Waals surface area contributed by atoms with Crippen LogP contribution in [0.25, 0.3) is 0 Å². The number of carbonyl (C=O) groups is 2. The lowest BCUT2D eigenvalue weighted by molar-refractivity contribution is -0.135. The number of halogens is 2. The van der Waals surface area contributed by atoms with E-state index in [0.717, 1.165) is 18.9 Å². The molecule has 1 aliphatic carbocycles. The van der Waals surface area contributed by atoms with Crippen LogP contribution in [0.15, 0.2) is 18.2 Å². The number of nitrogens with one attached hydrogen (secondary N) is 1. The van der Waals surface area contributed by atoms with Crippen LogP contribution in [0.3, 0.4) is 0 Å². The molecule has 2 atom stereocenters. The molecule has 1 aliphatic heterocycles. The number of nitrogens with zero attached hydrogens (tertiary/aromatic N) is 2. The second-order valence-corrected chi connectivity index (χ2v) is 8.43. The molecule has 7 heteroatoms. The van der Waals surface area contributed by atoms with Crippen molar-refractivity contribution in [1.29, 1.82) is 0 Å². The van der Waals surface area contributed by atoms with E-state index in [2.05, 4.69) is 10.2 Å². The van der Waals surface area contributed by atoms with Crippen molar-refractivity contribution >= 4 is 40.7 Å². The molecule has 0 spiro atoms. The summed E-state index contributed by atoms with van der Waals surface area (Å²) >= 11 is 12.2. The molecular weight excluding hydrogens is 385 g/mol. The fraction of sp³-hybridized carbons (Fsp3) is 0.600. The average molecular weight is 412 g/mol. The standard InChI is InChI=1S/C20H27Cl2N3O2/c1-24(12-18(26)23-20-15(21)8-4-9-16(20)22)19(27)13-25-11-5-7-14-6-2-3-10-17(14)25/h4,8-9,14,17H,2-3,5-7,10-13H2,1H3,(H,23,26)/t14-,17-/m0/s1. The van der Waals surface area contributed by atoms with Gasteiger partial charge >= 0.3 is 0 Å². The Bertz CT molecular complexity index is 676. The first-order valence-corrected chi connectivity index (χ1v) is 10.4. The molecule has 0 unspecified atom stereocenters. The highest BCUT2D eigenvalue weighted by molar-refractivity contribution is 6.39. The summed E-state index contributed by atoms with van der Waals surface area (Å²) < 4.78 is 0. The number of rotatable bonds is 5. The van der Waals surface area contributed by atoms with Gasteiger partial charge in [-0.05, 0) is 50.3 Å². The number of anilines is 1. The van der Waals surface area contributed by atoms with E-state index in [4.69, 9.17) is 23.2 Å². The van der Waals surface area contributed by atoms with Crippen molar-refractivity contribution in [3.05, 3.63) is 28.2 Å². The van der Waals surface area contributed by atoms with Gasteiger partial charge in [-0.3, -0.25) is 14.5 Å². The molecular formula is C20H27Cl2N3O2. The quantitative estimate of drug-likeness (QED) is 0.794. The van der Waals surface area contributed by atoms with Crippen LogP contribution in [0, 0.1) is 5.92 Å². The smallest absolute Gasteiger partial charge is 0.244 e. The lowest BCUT2D eigenvalue weighted by Crippen LogP contribution is -2.51. The molecule has 1 aromatic carbocycles. The molecule has 1 N–H and O–H groups in total. The van der Waals surface area contributed by atoms with Gasteiger partial charge < -0.3 is 10.2 Å². The fourth-order valence-corrected chi connectivity index (χ4v) is 4.81. The number of hydrogen-bond acceptors (Lipinski definition) is 3. The van der Waals surface area contributed by atoms with Crippen LogP contribution >= 0.6 is 23.2 Å². The van der Waals surface area contributed by atoms with Gasteiger partial charge in [-0.25, -0.2) is 0 Å². The minimum Gasteiger partial charge on any atom is -0.335 e. The summed E-state index contributed by atoms with van der Waals surface area (Å²) in [5.74, 6) is 0.396. The average Bonchev–Trinajstić information content (AvgIpc) is 2.65. The molecule has 2 amide bonds. The SMILES string of the molecule is CN(CC(=O)Nc1c(Cl)cccc1Cl)C(=O)CN1CCC[C@@H]2CCCC[C@@H]21. The Balaban J connectivity index is 1.53. The van der Waals surface area contributed by atoms with Crippen molar-refractivity contribution in [1.82, 2.24) is 9.80 Å². The maximum Gasteiger partial charge on any atom is 0.244 e. The highest BCUT2D eigenvalue weighted by atomic mass is 35.5. The van der Waals surface area contributed by atoms with Crippen LogP contribution in [0.5, 0.6) is 0 Å². The van der Waals surface area contributed by atoms with Gasteiger partial charge in [0.25, 0.3) is 0 Å². The predicted octanol–water partition coefficient (Wildman–Crippen LogP) is 4.04. The summed E-state index contributed by atoms with van der Waals surface area (Å²) in [7, 11) is 1.67. The van der Waals surface area contributed by atoms with E-state index in [9.17, 15) is 9.59 Å². The van der Waals surface area contributed by atoms with E-state index in [1.165, 1.54) is 37.0 Å². The minimum absolute atomic E-state index is 0.0255. The molecule has 1 saturated carbocycles. The Morgan fingerprint density at radius 1 is 1.15 bits per heavy atom. The van der Waals surface area contributed by atoms with Gasteiger partial charge in [0.05, 0.1) is 28.8 Å². The van der Waals surface area contributed by atoms with Crippen molar-refractivity contribution < 1.29 is 9.59 Å². The lowest BCUT2D eigenvalue weighted by Gasteiger charge is -2.44. The number of amides is 2. The van der Waals surface area contributed by atoms with E-state index < -0.39 is 0 Å². The Morgan fingerprint density at radius 3 is 2.56 bits per heavy atom. The molecule has 1 heterocycles. The van der Waals surface area contributed by atoms with Crippen molar-refractivity contribution in [3.8, 4) is 0 Å². The molecule has 2 aliphatic rings. The topological polar surface area (TPSA) is 52.7 Å². The number of piperidine rings is 1. The van der Waals surface area contributed by atoms with Gasteiger partial charge in [-0.1, -0.05) is 42.1 Å². The summed E-state index contributed by atoms with van der Waals surface area (Å²) in [6.07, 6.45) is 7.48. The highest BCUT2D eigenvalue weighted by Crippen LogP contribution is 2.35. The maximum absolute atomic E-state index is 12.7. The number of benzene rings is 1. The lowest BCUT2D eigenvalue weighted by atomic mass is 9.78. The molecule has 2 fully saturated rings. The number of fused-ring (bicyclic) bond motifs is 1. The third kappa shape index (κ3) is 5.15. The van der Waals surface area contributed by atoms with Crippen LogP contribution in [0.1, 0.15) is 38.5 Å². The number of likely N-dealkylation sites (N-methyl/N-ethyl adjacent to an activating group) is 1. The van der Waals surface area contributed by atoms with Crippen molar-refractivity contribution in [2.45, 2.75) is 44.6 Å². The molecule has 0 bridgehead atoms. The number of hydrogen-bond donors (Lipinski definition) is 1. The van der Waals surface area contributed by atoms with E-state index in [1.54, 1.807) is 25.2 Å². The summed E-state index contributed by atoms with van der Waals surface area (Å²) in [5, 5.41) is 3.46. The first-order valence-electron chi connectivity index (χ1n) is 9.67. The van der Waals surface area contributed by atoms with Crippen molar-refractivity contribution in [2.24, 2.45) is 5.92 Å². The van der Waals surface area contributed by atoms with Gasteiger partial charge in [-0.15, -0.1) is 0 Å². The zero-order chi connectivity index (χ0) is 19.4. The Kier molecular flexibility index (Phi) is 7.01. The Labute approximate surface area is 171 Å². The molecule has 27 heavy (non-hydrogen) atoms. The molecule has 148 valence electrons. The first-order chi connectivity index (χ1) is 13.0. The van der Waals surface area contributed by atoms with Gasteiger partial charge in [0.1, 0.15) is 0 Å². The highest BCUT2D eigenvalue weighted by Gasteiger charge is 2.34. The summed E-state index contributed by atoms with van der Waals surface area (Å²) in [6.45, 7) is 1.34. The summed E-state index contributed by atoms with van der Waals surface area (Å²) in [6, 6.07) is 5.57. The van der Waals surface area contributed by atoms with Crippen LogP contribution in [-0.4, -0.2) is 54.3 Å². The summed E-state index contributed by atoms with van der Waals surface area (Å²) in [5.41, 5.74) is 0.382. The van der Waals surface area contributed by atoms with Crippen molar-refractivity contribution in [2.75, 3.05) is 32.0 Å². The molecule has 5 nitrogen and oxygen atoms in total. The largest absolute Gasteiger partial charge is 0.335 e. The minimum atomic E-state index is -0.310. The van der Waals surface area contributed by atoms with Crippen LogP contribution in [0.2, 0.25) is 10.0 Å². The van der Waals surface area contributed by atoms with Crippen LogP contribution < -0.4 is 5.32 Å². The third-order valence-corrected chi connectivity index (χ3v) is 6.36. The van der Waals surface area contributed by atoms with Gasteiger partial charge in [0.15, 0.2) is 0 Å². The first kappa shape index (κ1) is 20.4. The van der Waals surface area contributed by atoms with Gasteiger partial charge in [0.2, 0.25) is 11.8 Å². The van der Waals surface area contributed by atoms with Gasteiger partial charge in [-0.2, -0.15) is 0 Å². The van der Waals surface area contributed by atoms with Crippen LogP contribution in [-0.2, 0) is 9.59 Å². The number of likely N-dealkylation sites (tertiary alicyclic amines) is 1. The Morgan fingerprint density at radius 2 is 1.81 bits per heavy atom. The zero-order valence-corrected chi connectivity index (χ0v) is 17.2. The monoisotopic (exact) mass is 411 g/mol. The normalized spacial score (nSPS) is 22.8.